The summed E-state index contributed by atoms with van der Waals surface area (Å²) in [5, 5.41) is 6.57. The van der Waals surface area contributed by atoms with E-state index in [1.165, 1.54) is 0 Å². The van der Waals surface area contributed by atoms with Crippen molar-refractivity contribution in [3.8, 4) is 0 Å². The minimum atomic E-state index is -0.650. The van der Waals surface area contributed by atoms with Crippen molar-refractivity contribution in [1.29, 1.82) is 0 Å². The number of carbonyl (C=O) groups is 3. The van der Waals surface area contributed by atoms with Gasteiger partial charge in [-0.2, -0.15) is 0 Å². The molecule has 0 bridgehead atoms. The lowest BCUT2D eigenvalue weighted by Gasteiger charge is -2.43. The molecule has 2 aliphatic heterocycles. The molecule has 1 fully saturated rings. The number of rotatable bonds is 6. The number of likely N-dealkylation sites (N-methyl/N-ethyl adjacent to an activating group) is 1. The van der Waals surface area contributed by atoms with Crippen LogP contribution in [0.4, 0.5) is 9.59 Å². The Morgan fingerprint density at radius 3 is 2.39 bits per heavy atom. The number of hydrogen-bond acceptors (Lipinski definition) is 5. The van der Waals surface area contributed by atoms with Gasteiger partial charge in [-0.05, 0) is 59.2 Å². The van der Waals surface area contributed by atoms with Crippen LogP contribution >= 0.6 is 11.6 Å². The van der Waals surface area contributed by atoms with E-state index in [1.807, 2.05) is 39.5 Å². The summed E-state index contributed by atoms with van der Waals surface area (Å²) in [4.78, 5) is 44.7. The van der Waals surface area contributed by atoms with Crippen molar-refractivity contribution in [2.75, 3.05) is 39.3 Å². The Morgan fingerprint density at radius 1 is 1.17 bits per heavy atom. The van der Waals surface area contributed by atoms with Gasteiger partial charge in [0.2, 0.25) is 0 Å². The Labute approximate surface area is 218 Å². The third-order valence-electron chi connectivity index (χ3n) is 6.28. The fraction of sp³-hybridized carbons (Fsp3) is 0.577. The van der Waals surface area contributed by atoms with Gasteiger partial charge in [-0.15, -0.1) is 0 Å². The van der Waals surface area contributed by atoms with Crippen molar-refractivity contribution >= 4 is 29.6 Å². The number of halogens is 1. The summed E-state index contributed by atoms with van der Waals surface area (Å²) in [5.41, 5.74) is 1.47. The van der Waals surface area contributed by atoms with Gasteiger partial charge in [-0.1, -0.05) is 23.7 Å². The number of benzene rings is 1. The van der Waals surface area contributed by atoms with Gasteiger partial charge in [-0.25, -0.2) is 14.4 Å². The fourth-order valence-electron chi connectivity index (χ4n) is 4.65. The normalized spacial score (nSPS) is 21.4. The second-order valence-electron chi connectivity index (χ2n) is 10.2. The van der Waals surface area contributed by atoms with E-state index < -0.39 is 12.0 Å². The summed E-state index contributed by atoms with van der Waals surface area (Å²) in [6, 6.07) is 6.05. The summed E-state index contributed by atoms with van der Waals surface area (Å²) in [6.45, 7) is 14.3. The van der Waals surface area contributed by atoms with Gasteiger partial charge in [0.15, 0.2) is 0 Å². The average Bonchev–Trinajstić information content (AvgIpc) is 2.78. The highest BCUT2D eigenvalue weighted by atomic mass is 35.5. The molecule has 0 radical (unpaired) electrons. The molecule has 2 N–H and O–H groups in total. The molecular formula is C26H38ClN5O4. The Hall–Kier alpha value is -2.78. The molecule has 2 heterocycles. The molecular weight excluding hydrogens is 482 g/mol. The van der Waals surface area contributed by atoms with Crippen molar-refractivity contribution in [3.05, 3.63) is 46.1 Å². The summed E-state index contributed by atoms with van der Waals surface area (Å²) < 4.78 is 5.44. The molecule has 0 aliphatic carbocycles. The first-order valence-corrected chi connectivity index (χ1v) is 12.9. The van der Waals surface area contributed by atoms with Gasteiger partial charge in [0, 0.05) is 55.0 Å². The van der Waals surface area contributed by atoms with Crippen LogP contribution in [-0.4, -0.2) is 83.6 Å². The fourth-order valence-corrected chi connectivity index (χ4v) is 4.77. The van der Waals surface area contributed by atoms with E-state index in [0.717, 1.165) is 5.56 Å². The highest BCUT2D eigenvalue weighted by molar-refractivity contribution is 6.30. The van der Waals surface area contributed by atoms with E-state index >= 15 is 0 Å². The van der Waals surface area contributed by atoms with Crippen LogP contribution in [0, 0.1) is 0 Å². The highest BCUT2D eigenvalue weighted by Gasteiger charge is 2.39. The molecule has 0 saturated carbocycles. The molecule has 2 aliphatic rings. The molecule has 0 aromatic heterocycles. The lowest BCUT2D eigenvalue weighted by atomic mass is 9.94. The topological polar surface area (TPSA) is 94.2 Å². The van der Waals surface area contributed by atoms with E-state index in [9.17, 15) is 14.4 Å². The molecule has 1 aromatic rings. The zero-order chi connectivity index (χ0) is 26.6. The molecule has 1 aromatic carbocycles. The van der Waals surface area contributed by atoms with E-state index in [-0.39, 0.29) is 30.2 Å². The van der Waals surface area contributed by atoms with Crippen LogP contribution in [0.5, 0.6) is 0 Å². The Bertz CT molecular complexity index is 1000. The van der Waals surface area contributed by atoms with Crippen molar-refractivity contribution in [3.63, 3.8) is 0 Å². The number of carbonyl (C=O) groups excluding carboxylic acids is 3. The van der Waals surface area contributed by atoms with Crippen LogP contribution in [0.25, 0.3) is 0 Å². The predicted octanol–water partition coefficient (Wildman–Crippen LogP) is 3.76. The van der Waals surface area contributed by atoms with Crippen LogP contribution in [0.2, 0.25) is 5.02 Å². The maximum atomic E-state index is 13.2. The summed E-state index contributed by atoms with van der Waals surface area (Å²) in [5.74, 6) is -0.456. The monoisotopic (exact) mass is 519 g/mol. The van der Waals surface area contributed by atoms with Crippen LogP contribution in [0.3, 0.4) is 0 Å². The summed E-state index contributed by atoms with van der Waals surface area (Å²) >= 11 is 6.08. The molecule has 1 saturated heterocycles. The molecule has 36 heavy (non-hydrogen) atoms. The second-order valence-corrected chi connectivity index (χ2v) is 10.7. The average molecular weight is 520 g/mol. The number of amides is 4. The number of piperazine rings is 1. The summed E-state index contributed by atoms with van der Waals surface area (Å²) in [7, 11) is 0. The molecule has 10 heteroatoms. The standard InChI is InChI=1S/C26H38ClN5O4/c1-7-31-20(16-30-13-14-32(17(3)15-30)25(35)29-26(4,5)6)21(23(33)36-8-2)22(28-24(31)34)18-9-11-19(27)12-10-18/h9-12,17,22H,7-8,13-16H2,1-6H3,(H,28,34)(H,29,35). The summed E-state index contributed by atoms with van der Waals surface area (Å²) in [6.07, 6.45) is 0. The van der Waals surface area contributed by atoms with Gasteiger partial charge in [-0.3, -0.25) is 9.80 Å². The smallest absolute Gasteiger partial charge is 0.338 e. The van der Waals surface area contributed by atoms with Gasteiger partial charge >= 0.3 is 18.0 Å². The van der Waals surface area contributed by atoms with Gasteiger partial charge < -0.3 is 20.3 Å². The molecule has 9 nitrogen and oxygen atoms in total. The number of ether oxygens (including phenoxy) is 1. The second kappa shape index (κ2) is 11.5. The number of hydrogen-bond donors (Lipinski definition) is 2. The molecule has 4 amide bonds. The predicted molar refractivity (Wildman–Crippen MR) is 140 cm³/mol. The zero-order valence-corrected chi connectivity index (χ0v) is 22.8. The Morgan fingerprint density at radius 2 is 1.83 bits per heavy atom. The third-order valence-corrected chi connectivity index (χ3v) is 6.53. The Kier molecular flexibility index (Phi) is 8.89. The number of nitrogens with zero attached hydrogens (tertiary/aromatic N) is 3. The van der Waals surface area contributed by atoms with Crippen LogP contribution in [0.15, 0.2) is 35.5 Å². The minimum absolute atomic E-state index is 0.0349. The molecule has 2 unspecified atom stereocenters. The van der Waals surface area contributed by atoms with Crippen LogP contribution in [0.1, 0.15) is 53.1 Å². The number of nitrogens with one attached hydrogen (secondary N) is 2. The number of esters is 1. The molecule has 0 spiro atoms. The van der Waals surface area contributed by atoms with E-state index in [0.29, 0.717) is 49.0 Å². The van der Waals surface area contributed by atoms with E-state index in [4.69, 9.17) is 16.3 Å². The van der Waals surface area contributed by atoms with Crippen molar-refractivity contribution in [2.45, 2.75) is 59.2 Å². The van der Waals surface area contributed by atoms with Crippen LogP contribution in [-0.2, 0) is 9.53 Å². The maximum absolute atomic E-state index is 13.2. The highest BCUT2D eigenvalue weighted by Crippen LogP contribution is 2.33. The van der Waals surface area contributed by atoms with Gasteiger partial charge in [0.25, 0.3) is 0 Å². The molecule has 3 rings (SSSR count). The lowest BCUT2D eigenvalue weighted by Crippen LogP contribution is -2.59. The third kappa shape index (κ3) is 6.50. The maximum Gasteiger partial charge on any atom is 0.338 e. The van der Waals surface area contributed by atoms with Crippen molar-refractivity contribution < 1.29 is 19.1 Å². The van der Waals surface area contributed by atoms with Crippen molar-refractivity contribution in [2.24, 2.45) is 0 Å². The zero-order valence-electron chi connectivity index (χ0n) is 22.1. The van der Waals surface area contributed by atoms with Gasteiger partial charge in [0.1, 0.15) is 0 Å². The molecule has 2 atom stereocenters. The minimum Gasteiger partial charge on any atom is -0.463 e. The van der Waals surface area contributed by atoms with Crippen molar-refractivity contribution in [1.82, 2.24) is 25.3 Å². The SMILES string of the molecule is CCOC(=O)C1=C(CN2CCN(C(=O)NC(C)(C)C)C(C)C2)N(CC)C(=O)NC1c1ccc(Cl)cc1. The van der Waals surface area contributed by atoms with E-state index in [2.05, 4.69) is 15.5 Å². The first-order valence-electron chi connectivity index (χ1n) is 12.5. The lowest BCUT2D eigenvalue weighted by molar-refractivity contribution is -0.139. The first-order chi connectivity index (χ1) is 16.9. The number of urea groups is 2. The van der Waals surface area contributed by atoms with E-state index in [1.54, 1.807) is 36.1 Å². The largest absolute Gasteiger partial charge is 0.463 e. The first kappa shape index (κ1) is 27.8. The quantitative estimate of drug-likeness (QED) is 0.558. The van der Waals surface area contributed by atoms with Gasteiger partial charge in [0.05, 0.1) is 18.2 Å². The molecule has 198 valence electrons. The Balaban J connectivity index is 1.92. The van der Waals surface area contributed by atoms with Crippen LogP contribution < -0.4 is 10.6 Å².